The van der Waals surface area contributed by atoms with Crippen molar-refractivity contribution >= 4 is 27.0 Å². The Kier molecular flexibility index (Phi) is 1.42. The smallest absolute Gasteiger partial charge is 0.127 e. The summed E-state index contributed by atoms with van der Waals surface area (Å²) in [6.45, 7) is 2.01. The van der Waals surface area contributed by atoms with Crippen molar-refractivity contribution in [3.8, 4) is 0 Å². The Hall–Kier alpha value is -0.900. The number of H-pyrrole nitrogens is 1. The van der Waals surface area contributed by atoms with Crippen LogP contribution in [-0.4, -0.2) is 15.4 Å². The van der Waals surface area contributed by atoms with Crippen LogP contribution in [0.2, 0.25) is 0 Å². The van der Waals surface area contributed by atoms with Gasteiger partial charge >= 0.3 is 0 Å². The third-order valence-electron chi connectivity index (χ3n) is 1.63. The zero-order chi connectivity index (χ0) is 7.84. The fourth-order valence-corrected chi connectivity index (χ4v) is 1.44. The van der Waals surface area contributed by atoms with E-state index in [0.29, 0.717) is 0 Å². The zero-order valence-corrected chi connectivity index (χ0v) is 7.51. The molecule has 4 heteroatoms. The van der Waals surface area contributed by atoms with E-state index < -0.39 is 0 Å². The van der Waals surface area contributed by atoms with Gasteiger partial charge in [0.25, 0.3) is 0 Å². The van der Waals surface area contributed by atoms with Gasteiger partial charge in [-0.25, -0.2) is 0 Å². The van der Waals surface area contributed by atoms with Gasteiger partial charge in [-0.1, -0.05) is 6.07 Å². The number of hydrogen-bond acceptors (Lipinski definition) is 2. The minimum Gasteiger partial charge on any atom is -0.197 e. The molecule has 56 valence electrons. The first-order chi connectivity index (χ1) is 5.29. The largest absolute Gasteiger partial charge is 0.197 e. The minimum absolute atomic E-state index is 0.894. The molecule has 0 fully saturated rings. The molecule has 0 radical (unpaired) electrons. The molecule has 0 saturated carbocycles. The Morgan fingerprint density at radius 1 is 1.27 bits per heavy atom. The topological polar surface area (TPSA) is 41.6 Å². The molecule has 0 saturated heterocycles. The molecule has 0 atom stereocenters. The number of benzene rings is 1. The number of fused-ring (bicyclic) bond motifs is 1. The highest BCUT2D eigenvalue weighted by Crippen LogP contribution is 2.22. The van der Waals surface area contributed by atoms with E-state index in [4.69, 9.17) is 0 Å². The first-order valence-electron chi connectivity index (χ1n) is 3.24. The number of hydrogen-bond donors (Lipinski definition) is 1. The maximum atomic E-state index is 4.01. The lowest BCUT2D eigenvalue weighted by Crippen LogP contribution is -1.76. The van der Waals surface area contributed by atoms with Crippen molar-refractivity contribution in [2.45, 2.75) is 6.92 Å². The molecule has 0 bridgehead atoms. The molecule has 1 aromatic carbocycles. The van der Waals surface area contributed by atoms with Crippen LogP contribution < -0.4 is 0 Å². The second kappa shape index (κ2) is 2.30. The van der Waals surface area contributed by atoms with Gasteiger partial charge in [-0.15, -0.1) is 0 Å². The highest BCUT2D eigenvalue weighted by atomic mass is 79.9. The van der Waals surface area contributed by atoms with E-state index in [-0.39, 0.29) is 0 Å². The Bertz CT molecular complexity index is 357. The summed E-state index contributed by atoms with van der Waals surface area (Å²) in [6, 6.07) is 3.98. The number of rotatable bonds is 0. The van der Waals surface area contributed by atoms with Gasteiger partial charge in [-0.05, 0) is 34.5 Å². The molecular weight excluding hydrogens is 206 g/mol. The number of nitrogens with zero attached hydrogens (tertiary/aromatic N) is 2. The van der Waals surface area contributed by atoms with E-state index in [1.165, 1.54) is 0 Å². The molecule has 1 N–H and O–H groups in total. The normalized spacial score (nSPS) is 10.7. The van der Waals surface area contributed by atoms with Crippen LogP contribution in [0, 0.1) is 6.92 Å². The summed E-state index contributed by atoms with van der Waals surface area (Å²) in [4.78, 5) is 0. The SMILES string of the molecule is Cc1ccc(Br)c2n[nH]nc12. The summed E-state index contributed by atoms with van der Waals surface area (Å²) < 4.78 is 0.979. The molecule has 0 spiro atoms. The highest BCUT2D eigenvalue weighted by Gasteiger charge is 2.03. The van der Waals surface area contributed by atoms with Crippen molar-refractivity contribution in [1.82, 2.24) is 15.4 Å². The van der Waals surface area contributed by atoms with E-state index in [2.05, 4.69) is 31.3 Å². The molecule has 1 heterocycles. The second-order valence-corrected chi connectivity index (χ2v) is 3.24. The molecule has 0 unspecified atom stereocenters. The van der Waals surface area contributed by atoms with Gasteiger partial charge in [0.05, 0.1) is 0 Å². The van der Waals surface area contributed by atoms with Crippen LogP contribution in [-0.2, 0) is 0 Å². The van der Waals surface area contributed by atoms with Crippen LogP contribution in [0.4, 0.5) is 0 Å². The molecule has 2 aromatic rings. The van der Waals surface area contributed by atoms with Crippen LogP contribution in [0.15, 0.2) is 16.6 Å². The van der Waals surface area contributed by atoms with Crippen molar-refractivity contribution in [3.05, 3.63) is 22.2 Å². The minimum atomic E-state index is 0.894. The van der Waals surface area contributed by atoms with Crippen LogP contribution >= 0.6 is 15.9 Å². The maximum absolute atomic E-state index is 4.01. The lowest BCUT2D eigenvalue weighted by molar-refractivity contribution is 0.958. The fraction of sp³-hybridized carbons (Fsp3) is 0.143. The van der Waals surface area contributed by atoms with Gasteiger partial charge in [-0.3, -0.25) is 0 Å². The van der Waals surface area contributed by atoms with Crippen molar-refractivity contribution in [1.29, 1.82) is 0 Å². The molecule has 0 amide bonds. The number of halogens is 1. The fourth-order valence-electron chi connectivity index (χ4n) is 1.03. The number of aromatic amines is 1. The van der Waals surface area contributed by atoms with E-state index in [0.717, 1.165) is 21.1 Å². The summed E-state index contributed by atoms with van der Waals surface area (Å²) >= 11 is 3.39. The molecule has 11 heavy (non-hydrogen) atoms. The lowest BCUT2D eigenvalue weighted by atomic mass is 10.2. The van der Waals surface area contributed by atoms with E-state index >= 15 is 0 Å². The molecule has 3 nitrogen and oxygen atoms in total. The summed E-state index contributed by atoms with van der Waals surface area (Å²) in [5.74, 6) is 0. The van der Waals surface area contributed by atoms with Crippen molar-refractivity contribution in [2.24, 2.45) is 0 Å². The lowest BCUT2D eigenvalue weighted by Gasteiger charge is -1.93. The van der Waals surface area contributed by atoms with Crippen molar-refractivity contribution in [2.75, 3.05) is 0 Å². The quantitative estimate of drug-likeness (QED) is 0.725. The zero-order valence-electron chi connectivity index (χ0n) is 5.93. The third-order valence-corrected chi connectivity index (χ3v) is 2.27. The monoisotopic (exact) mass is 211 g/mol. The first-order valence-corrected chi connectivity index (χ1v) is 4.04. The molecule has 1 aromatic heterocycles. The Balaban J connectivity index is 2.96. The predicted octanol–water partition coefficient (Wildman–Crippen LogP) is 2.03. The second-order valence-electron chi connectivity index (χ2n) is 2.39. The summed E-state index contributed by atoms with van der Waals surface area (Å²) in [7, 11) is 0. The predicted molar refractivity (Wildman–Crippen MR) is 46.3 cm³/mol. The average molecular weight is 212 g/mol. The van der Waals surface area contributed by atoms with Gasteiger partial charge in [0.1, 0.15) is 11.0 Å². The molecule has 0 aliphatic carbocycles. The number of aromatic nitrogens is 3. The van der Waals surface area contributed by atoms with Crippen LogP contribution in [0.25, 0.3) is 11.0 Å². The van der Waals surface area contributed by atoms with Crippen LogP contribution in [0.3, 0.4) is 0 Å². The van der Waals surface area contributed by atoms with Gasteiger partial charge in [-0.2, -0.15) is 15.4 Å². The Labute approximate surface area is 71.9 Å². The average Bonchev–Trinajstić information content (AvgIpc) is 2.45. The van der Waals surface area contributed by atoms with E-state index in [1.807, 2.05) is 19.1 Å². The Morgan fingerprint density at radius 3 is 2.73 bits per heavy atom. The van der Waals surface area contributed by atoms with Gasteiger partial charge < -0.3 is 0 Å². The molecular formula is C7H6BrN3. The molecule has 0 aliphatic rings. The van der Waals surface area contributed by atoms with Gasteiger partial charge in [0.2, 0.25) is 0 Å². The van der Waals surface area contributed by atoms with Gasteiger partial charge in [0, 0.05) is 4.47 Å². The molecule has 2 rings (SSSR count). The van der Waals surface area contributed by atoms with Crippen molar-refractivity contribution in [3.63, 3.8) is 0 Å². The Morgan fingerprint density at radius 2 is 2.00 bits per heavy atom. The number of nitrogens with one attached hydrogen (secondary N) is 1. The summed E-state index contributed by atoms with van der Waals surface area (Å²) in [5, 5.41) is 10.6. The number of aryl methyl sites for hydroxylation is 1. The summed E-state index contributed by atoms with van der Waals surface area (Å²) in [5.41, 5.74) is 2.96. The van der Waals surface area contributed by atoms with Crippen molar-refractivity contribution < 1.29 is 0 Å². The molecule has 0 aliphatic heterocycles. The van der Waals surface area contributed by atoms with Crippen LogP contribution in [0.5, 0.6) is 0 Å². The first kappa shape index (κ1) is 6.79. The standard InChI is InChI=1S/C7H6BrN3/c1-4-2-3-5(8)7-6(4)9-11-10-7/h2-3H,1H3,(H,9,10,11). The maximum Gasteiger partial charge on any atom is 0.127 e. The van der Waals surface area contributed by atoms with Crippen LogP contribution in [0.1, 0.15) is 5.56 Å². The summed E-state index contributed by atoms with van der Waals surface area (Å²) in [6.07, 6.45) is 0. The van der Waals surface area contributed by atoms with Gasteiger partial charge in [0.15, 0.2) is 0 Å². The highest BCUT2D eigenvalue weighted by molar-refractivity contribution is 9.10. The van der Waals surface area contributed by atoms with E-state index in [9.17, 15) is 0 Å². The van der Waals surface area contributed by atoms with E-state index in [1.54, 1.807) is 0 Å². The third kappa shape index (κ3) is 0.939.